The zero-order valence-corrected chi connectivity index (χ0v) is 14.5. The van der Waals surface area contributed by atoms with E-state index < -0.39 is 15.8 Å². The largest absolute Gasteiger partial charge is 0.478 e. The highest BCUT2D eigenvalue weighted by molar-refractivity contribution is 7.91. The molecule has 128 valence electrons. The smallest absolute Gasteiger partial charge is 0.335 e. The zero-order chi connectivity index (χ0) is 17.7. The van der Waals surface area contributed by atoms with E-state index in [4.69, 9.17) is 5.11 Å². The van der Waals surface area contributed by atoms with Gasteiger partial charge in [-0.15, -0.1) is 0 Å². The average Bonchev–Trinajstić information content (AvgIpc) is 2.53. The van der Waals surface area contributed by atoms with Gasteiger partial charge in [-0.2, -0.15) is 0 Å². The van der Waals surface area contributed by atoms with E-state index in [9.17, 15) is 13.2 Å². The topological polar surface area (TPSA) is 83.5 Å². The third kappa shape index (κ3) is 4.91. The summed E-state index contributed by atoms with van der Waals surface area (Å²) < 4.78 is 24.8. The Morgan fingerprint density at radius 1 is 1.08 bits per heavy atom. The summed E-state index contributed by atoms with van der Waals surface area (Å²) in [5.74, 6) is -0.962. The molecule has 1 atom stereocenters. The first-order chi connectivity index (χ1) is 11.3. The van der Waals surface area contributed by atoms with Crippen LogP contribution in [0.2, 0.25) is 0 Å². The van der Waals surface area contributed by atoms with E-state index in [1.165, 1.54) is 12.1 Å². The summed E-state index contributed by atoms with van der Waals surface area (Å²) in [6.07, 6.45) is 0. The van der Waals surface area contributed by atoms with Gasteiger partial charge in [0.2, 0.25) is 0 Å². The van der Waals surface area contributed by atoms with Crippen LogP contribution in [0.25, 0.3) is 0 Å². The number of carbonyl (C=O) groups is 1. The number of hydrogen-bond acceptors (Lipinski definition) is 4. The van der Waals surface area contributed by atoms with Crippen molar-refractivity contribution in [1.29, 1.82) is 0 Å². The summed E-state index contributed by atoms with van der Waals surface area (Å²) in [6, 6.07) is 13.1. The summed E-state index contributed by atoms with van der Waals surface area (Å²) >= 11 is 0. The minimum Gasteiger partial charge on any atom is -0.478 e. The molecule has 2 rings (SSSR count). The molecule has 0 aromatic heterocycles. The molecule has 0 saturated heterocycles. The van der Waals surface area contributed by atoms with Crippen LogP contribution in [0.15, 0.2) is 53.4 Å². The van der Waals surface area contributed by atoms with Gasteiger partial charge in [-0.1, -0.05) is 29.8 Å². The number of aryl methyl sites for hydroxylation is 1. The van der Waals surface area contributed by atoms with Crippen molar-refractivity contribution in [2.45, 2.75) is 31.3 Å². The third-order valence-electron chi connectivity index (χ3n) is 3.71. The van der Waals surface area contributed by atoms with Crippen LogP contribution < -0.4 is 5.32 Å². The minimum absolute atomic E-state index is 0.00324. The van der Waals surface area contributed by atoms with Crippen LogP contribution in [0.1, 0.15) is 28.4 Å². The number of hydrogen-bond donors (Lipinski definition) is 2. The Hall–Kier alpha value is -2.18. The second kappa shape index (κ2) is 7.59. The van der Waals surface area contributed by atoms with Crippen molar-refractivity contribution in [3.05, 3.63) is 65.2 Å². The van der Waals surface area contributed by atoms with Crippen molar-refractivity contribution < 1.29 is 18.3 Å². The van der Waals surface area contributed by atoms with Gasteiger partial charge in [0.15, 0.2) is 9.84 Å². The lowest BCUT2D eigenvalue weighted by molar-refractivity contribution is 0.0697. The molecule has 0 amide bonds. The van der Waals surface area contributed by atoms with Crippen LogP contribution >= 0.6 is 0 Å². The second-order valence-electron chi connectivity index (χ2n) is 5.88. The Kier molecular flexibility index (Phi) is 5.75. The molecule has 2 aromatic rings. The Balaban J connectivity index is 1.93. The number of nitrogens with one attached hydrogen (secondary N) is 1. The first-order valence-corrected chi connectivity index (χ1v) is 9.28. The first-order valence-electron chi connectivity index (χ1n) is 7.63. The Labute approximate surface area is 142 Å². The van der Waals surface area contributed by atoms with E-state index in [0.29, 0.717) is 11.4 Å². The zero-order valence-electron chi connectivity index (χ0n) is 13.7. The van der Waals surface area contributed by atoms with Crippen molar-refractivity contribution in [3.8, 4) is 0 Å². The quantitative estimate of drug-likeness (QED) is 0.804. The Bertz CT molecular complexity index is 796. The van der Waals surface area contributed by atoms with Crippen LogP contribution in [-0.2, 0) is 16.4 Å². The fourth-order valence-corrected chi connectivity index (χ4v) is 3.81. The molecule has 0 heterocycles. The standard InChI is InChI=1S/C18H21NO4S/c1-13-3-9-17(10-4-13)24(22,23)12-14(2)19-11-15-5-7-16(8-6-15)18(20)21/h3-10,14,19H,11-12H2,1-2H3,(H,20,21). The molecule has 5 nitrogen and oxygen atoms in total. The van der Waals surface area contributed by atoms with Crippen LogP contribution in [0.4, 0.5) is 0 Å². The van der Waals surface area contributed by atoms with Gasteiger partial charge in [-0.3, -0.25) is 0 Å². The molecule has 0 radical (unpaired) electrons. The number of carboxylic acid groups (broad SMARTS) is 1. The predicted molar refractivity (Wildman–Crippen MR) is 92.9 cm³/mol. The molecule has 0 spiro atoms. The lowest BCUT2D eigenvalue weighted by Gasteiger charge is -2.14. The van der Waals surface area contributed by atoms with E-state index in [0.717, 1.165) is 11.1 Å². The lowest BCUT2D eigenvalue weighted by Crippen LogP contribution is -2.32. The molecule has 2 N–H and O–H groups in total. The van der Waals surface area contributed by atoms with Crippen molar-refractivity contribution in [1.82, 2.24) is 5.32 Å². The third-order valence-corrected chi connectivity index (χ3v) is 5.63. The molecule has 6 heteroatoms. The number of rotatable bonds is 7. The fourth-order valence-electron chi connectivity index (χ4n) is 2.29. The maximum absolute atomic E-state index is 12.4. The molecule has 2 aromatic carbocycles. The Morgan fingerprint density at radius 3 is 2.21 bits per heavy atom. The summed E-state index contributed by atoms with van der Waals surface area (Å²) in [7, 11) is -3.34. The van der Waals surface area contributed by atoms with E-state index in [-0.39, 0.29) is 17.4 Å². The van der Waals surface area contributed by atoms with Crippen LogP contribution in [0.3, 0.4) is 0 Å². The lowest BCUT2D eigenvalue weighted by atomic mass is 10.1. The van der Waals surface area contributed by atoms with Crippen molar-refractivity contribution in [2.24, 2.45) is 0 Å². The molecule has 0 aliphatic carbocycles. The summed E-state index contributed by atoms with van der Waals surface area (Å²) in [6.45, 7) is 4.21. The molecule has 0 aliphatic heterocycles. The monoisotopic (exact) mass is 347 g/mol. The maximum atomic E-state index is 12.4. The van der Waals surface area contributed by atoms with Gasteiger partial charge >= 0.3 is 5.97 Å². The van der Waals surface area contributed by atoms with E-state index >= 15 is 0 Å². The summed E-state index contributed by atoms with van der Waals surface area (Å²) in [5.41, 5.74) is 2.15. The average molecular weight is 347 g/mol. The van der Waals surface area contributed by atoms with Gasteiger partial charge < -0.3 is 10.4 Å². The van der Waals surface area contributed by atoms with E-state index in [1.54, 1.807) is 36.4 Å². The second-order valence-corrected chi connectivity index (χ2v) is 7.91. The molecule has 1 unspecified atom stereocenters. The van der Waals surface area contributed by atoms with E-state index in [1.807, 2.05) is 13.8 Å². The van der Waals surface area contributed by atoms with E-state index in [2.05, 4.69) is 5.32 Å². The minimum atomic E-state index is -3.34. The molecule has 0 fully saturated rings. The molecule has 0 aliphatic rings. The molecule has 24 heavy (non-hydrogen) atoms. The van der Waals surface area contributed by atoms with Gasteiger partial charge in [0.25, 0.3) is 0 Å². The number of benzene rings is 2. The first kappa shape index (κ1) is 18.2. The van der Waals surface area contributed by atoms with Gasteiger partial charge in [-0.05, 0) is 43.7 Å². The number of aromatic carboxylic acids is 1. The number of carboxylic acids is 1. The van der Waals surface area contributed by atoms with Gasteiger partial charge in [0.05, 0.1) is 16.2 Å². The maximum Gasteiger partial charge on any atom is 0.335 e. The number of sulfone groups is 1. The van der Waals surface area contributed by atoms with Gasteiger partial charge in [0, 0.05) is 12.6 Å². The molecule has 0 bridgehead atoms. The highest BCUT2D eigenvalue weighted by Gasteiger charge is 2.18. The van der Waals surface area contributed by atoms with Crippen molar-refractivity contribution in [2.75, 3.05) is 5.75 Å². The molecular weight excluding hydrogens is 326 g/mol. The van der Waals surface area contributed by atoms with Gasteiger partial charge in [-0.25, -0.2) is 13.2 Å². The highest BCUT2D eigenvalue weighted by Crippen LogP contribution is 2.13. The highest BCUT2D eigenvalue weighted by atomic mass is 32.2. The summed E-state index contributed by atoms with van der Waals surface area (Å²) in [5, 5.41) is 12.0. The predicted octanol–water partition coefficient (Wildman–Crippen LogP) is 2.65. The Morgan fingerprint density at radius 2 is 1.67 bits per heavy atom. The van der Waals surface area contributed by atoms with Crippen LogP contribution in [-0.4, -0.2) is 31.3 Å². The fraction of sp³-hybridized carbons (Fsp3) is 0.278. The molecule has 0 saturated carbocycles. The van der Waals surface area contributed by atoms with Crippen LogP contribution in [0.5, 0.6) is 0 Å². The summed E-state index contributed by atoms with van der Waals surface area (Å²) in [4.78, 5) is 11.1. The van der Waals surface area contributed by atoms with Crippen molar-refractivity contribution in [3.63, 3.8) is 0 Å². The van der Waals surface area contributed by atoms with Crippen molar-refractivity contribution >= 4 is 15.8 Å². The molecular formula is C18H21NO4S. The SMILES string of the molecule is Cc1ccc(S(=O)(=O)CC(C)NCc2ccc(C(=O)O)cc2)cc1. The van der Waals surface area contributed by atoms with Gasteiger partial charge in [0.1, 0.15) is 0 Å². The normalized spacial score (nSPS) is 12.8. The van der Waals surface area contributed by atoms with Crippen LogP contribution in [0, 0.1) is 6.92 Å².